The first-order valence-electron chi connectivity index (χ1n) is 11.5. The van der Waals surface area contributed by atoms with Gasteiger partial charge in [-0.1, -0.05) is 61.5 Å². The monoisotopic (exact) mass is 472 g/mol. The summed E-state index contributed by atoms with van der Waals surface area (Å²) in [5.41, 5.74) is 5.58. The maximum atomic E-state index is 12.8. The Labute approximate surface area is 204 Å². The normalized spacial score (nSPS) is 13.8. The molecule has 4 rings (SSSR count). The molecule has 1 aliphatic rings. The Morgan fingerprint density at radius 2 is 1.51 bits per heavy atom. The summed E-state index contributed by atoms with van der Waals surface area (Å²) in [5, 5.41) is 14.8. The quantitative estimate of drug-likeness (QED) is 0.439. The Balaban J connectivity index is 1.35. The van der Waals surface area contributed by atoms with Crippen LogP contribution >= 0.6 is 0 Å². The topological polar surface area (TPSA) is 105 Å². The van der Waals surface area contributed by atoms with Crippen LogP contribution in [0.3, 0.4) is 0 Å². The van der Waals surface area contributed by atoms with E-state index in [-0.39, 0.29) is 24.0 Å². The van der Waals surface area contributed by atoms with Crippen molar-refractivity contribution in [2.75, 3.05) is 11.9 Å². The molecule has 0 fully saturated rings. The van der Waals surface area contributed by atoms with Gasteiger partial charge in [-0.25, -0.2) is 9.59 Å². The number of alkyl carbamates (subject to hydrolysis) is 1. The van der Waals surface area contributed by atoms with E-state index in [1.165, 1.54) is 6.07 Å². The highest BCUT2D eigenvalue weighted by Gasteiger charge is 2.30. The van der Waals surface area contributed by atoms with Crippen molar-refractivity contribution >= 4 is 23.7 Å². The lowest BCUT2D eigenvalue weighted by Gasteiger charge is -2.22. The summed E-state index contributed by atoms with van der Waals surface area (Å²) in [5.74, 6) is -2.02. The predicted molar refractivity (Wildman–Crippen MR) is 134 cm³/mol. The van der Waals surface area contributed by atoms with Gasteiger partial charge in [-0.3, -0.25) is 4.79 Å². The van der Waals surface area contributed by atoms with Crippen molar-refractivity contribution in [3.05, 3.63) is 89.0 Å². The molecule has 0 saturated heterocycles. The summed E-state index contributed by atoms with van der Waals surface area (Å²) in [7, 11) is 0. The van der Waals surface area contributed by atoms with E-state index in [2.05, 4.69) is 34.9 Å². The molecule has 0 saturated carbocycles. The van der Waals surface area contributed by atoms with Crippen molar-refractivity contribution in [1.82, 2.24) is 5.32 Å². The SMILES string of the molecule is Cc1c(NC(=O)C(C)C(C)NC(=O)OCC2c3ccccc3-c3ccccc32)cccc1C(=O)O. The largest absolute Gasteiger partial charge is 0.478 e. The molecule has 0 spiro atoms. The Kier molecular flexibility index (Phi) is 6.87. The number of carbonyl (C=O) groups is 3. The molecule has 7 heteroatoms. The van der Waals surface area contributed by atoms with E-state index in [0.29, 0.717) is 11.3 Å². The van der Waals surface area contributed by atoms with E-state index in [0.717, 1.165) is 22.3 Å². The Bertz CT molecular complexity index is 1240. The van der Waals surface area contributed by atoms with Gasteiger partial charge >= 0.3 is 12.1 Å². The number of rotatable bonds is 7. The first-order valence-corrected chi connectivity index (χ1v) is 11.5. The summed E-state index contributed by atoms with van der Waals surface area (Å²) in [4.78, 5) is 36.7. The number of amides is 2. The van der Waals surface area contributed by atoms with Gasteiger partial charge in [0.15, 0.2) is 0 Å². The van der Waals surface area contributed by atoms with Crippen LogP contribution in [0, 0.1) is 12.8 Å². The molecule has 180 valence electrons. The smallest absolute Gasteiger partial charge is 0.407 e. The highest BCUT2D eigenvalue weighted by Crippen LogP contribution is 2.44. The first kappa shape index (κ1) is 24.0. The molecule has 2 amide bonds. The maximum absolute atomic E-state index is 12.8. The fraction of sp³-hybridized carbons (Fsp3) is 0.250. The van der Waals surface area contributed by atoms with E-state index in [1.54, 1.807) is 32.9 Å². The number of ether oxygens (including phenoxy) is 1. The molecule has 2 unspecified atom stereocenters. The van der Waals surface area contributed by atoms with Crippen molar-refractivity contribution in [3.8, 4) is 11.1 Å². The highest BCUT2D eigenvalue weighted by atomic mass is 16.5. The third-order valence-electron chi connectivity index (χ3n) is 6.67. The van der Waals surface area contributed by atoms with Gasteiger partial charge in [-0.15, -0.1) is 0 Å². The van der Waals surface area contributed by atoms with Gasteiger partial charge < -0.3 is 20.5 Å². The van der Waals surface area contributed by atoms with Crippen LogP contribution in [0.15, 0.2) is 66.7 Å². The van der Waals surface area contributed by atoms with Crippen molar-refractivity contribution in [2.24, 2.45) is 5.92 Å². The van der Waals surface area contributed by atoms with Gasteiger partial charge in [0, 0.05) is 17.6 Å². The fourth-order valence-electron chi connectivity index (χ4n) is 4.43. The first-order chi connectivity index (χ1) is 16.8. The zero-order valence-corrected chi connectivity index (χ0v) is 19.9. The van der Waals surface area contributed by atoms with Crippen molar-refractivity contribution < 1.29 is 24.2 Å². The van der Waals surface area contributed by atoms with E-state index in [1.807, 2.05) is 24.3 Å². The molecule has 35 heavy (non-hydrogen) atoms. The lowest BCUT2D eigenvalue weighted by atomic mass is 9.98. The van der Waals surface area contributed by atoms with Crippen molar-refractivity contribution in [1.29, 1.82) is 0 Å². The lowest BCUT2D eigenvalue weighted by molar-refractivity contribution is -0.120. The molecule has 0 bridgehead atoms. The zero-order valence-electron chi connectivity index (χ0n) is 19.9. The molecule has 1 aliphatic carbocycles. The van der Waals surface area contributed by atoms with Crippen LogP contribution < -0.4 is 10.6 Å². The van der Waals surface area contributed by atoms with Crippen LogP contribution in [-0.2, 0) is 9.53 Å². The molecule has 0 radical (unpaired) electrons. The highest BCUT2D eigenvalue weighted by molar-refractivity contribution is 5.97. The van der Waals surface area contributed by atoms with E-state index < -0.39 is 24.0 Å². The summed E-state index contributed by atoms with van der Waals surface area (Å²) in [6.07, 6.45) is -0.594. The molecular formula is C28H28N2O5. The fourth-order valence-corrected chi connectivity index (χ4v) is 4.43. The number of aromatic carboxylic acids is 1. The van der Waals surface area contributed by atoms with Crippen LogP contribution in [0.1, 0.15) is 46.8 Å². The number of carbonyl (C=O) groups excluding carboxylic acids is 2. The summed E-state index contributed by atoms with van der Waals surface area (Å²) in [6.45, 7) is 5.25. The van der Waals surface area contributed by atoms with Crippen molar-refractivity contribution in [3.63, 3.8) is 0 Å². The number of benzene rings is 3. The molecular weight excluding hydrogens is 444 g/mol. The predicted octanol–water partition coefficient (Wildman–Crippen LogP) is 5.20. The van der Waals surface area contributed by atoms with Crippen LogP contribution in [0.5, 0.6) is 0 Å². The van der Waals surface area contributed by atoms with Gasteiger partial charge in [-0.2, -0.15) is 0 Å². The number of hydrogen-bond donors (Lipinski definition) is 3. The van der Waals surface area contributed by atoms with Gasteiger partial charge in [-0.05, 0) is 53.8 Å². The minimum atomic E-state index is -1.06. The number of anilines is 1. The molecule has 7 nitrogen and oxygen atoms in total. The second kappa shape index (κ2) is 10.0. The molecule has 3 aromatic carbocycles. The van der Waals surface area contributed by atoms with Gasteiger partial charge in [0.05, 0.1) is 11.5 Å². The molecule has 3 N–H and O–H groups in total. The zero-order chi connectivity index (χ0) is 25.1. The number of hydrogen-bond acceptors (Lipinski definition) is 4. The Hall–Kier alpha value is -4.13. The Morgan fingerprint density at radius 3 is 2.11 bits per heavy atom. The molecule has 3 aromatic rings. The third-order valence-corrected chi connectivity index (χ3v) is 6.67. The molecule has 0 aromatic heterocycles. The Morgan fingerprint density at radius 1 is 0.914 bits per heavy atom. The lowest BCUT2D eigenvalue weighted by Crippen LogP contribution is -2.42. The number of carboxylic acid groups (broad SMARTS) is 1. The van der Waals surface area contributed by atoms with Crippen LogP contribution in [-0.4, -0.2) is 35.7 Å². The van der Waals surface area contributed by atoms with Crippen LogP contribution in [0.2, 0.25) is 0 Å². The minimum absolute atomic E-state index is 0.0475. The standard InChI is InChI=1S/C28H28N2O5/c1-16(26(31)30-25-14-8-13-19(17(25)2)27(32)33)18(3)29-28(34)35-15-24-22-11-6-4-9-20(22)21-10-5-7-12-23(21)24/h4-14,16,18,24H,15H2,1-3H3,(H,29,34)(H,30,31)(H,32,33). The molecule has 0 aliphatic heterocycles. The van der Waals surface area contributed by atoms with E-state index in [9.17, 15) is 19.5 Å². The number of carboxylic acids is 1. The minimum Gasteiger partial charge on any atom is -0.478 e. The van der Waals surface area contributed by atoms with E-state index in [4.69, 9.17) is 4.74 Å². The van der Waals surface area contributed by atoms with Gasteiger partial charge in [0.2, 0.25) is 5.91 Å². The maximum Gasteiger partial charge on any atom is 0.407 e. The van der Waals surface area contributed by atoms with Crippen LogP contribution in [0.25, 0.3) is 11.1 Å². The van der Waals surface area contributed by atoms with Crippen LogP contribution in [0.4, 0.5) is 10.5 Å². The van der Waals surface area contributed by atoms with Gasteiger partial charge in [0.25, 0.3) is 0 Å². The summed E-state index contributed by atoms with van der Waals surface area (Å²) < 4.78 is 5.57. The second-order valence-electron chi connectivity index (χ2n) is 8.82. The van der Waals surface area contributed by atoms with E-state index >= 15 is 0 Å². The summed E-state index contributed by atoms with van der Waals surface area (Å²) >= 11 is 0. The second-order valence-corrected chi connectivity index (χ2v) is 8.82. The van der Waals surface area contributed by atoms with Crippen molar-refractivity contribution in [2.45, 2.75) is 32.7 Å². The average Bonchev–Trinajstić information content (AvgIpc) is 3.17. The van der Waals surface area contributed by atoms with Gasteiger partial charge in [0.1, 0.15) is 6.61 Å². The average molecular weight is 473 g/mol. The third kappa shape index (κ3) is 4.89. The molecule has 0 heterocycles. The summed E-state index contributed by atoms with van der Waals surface area (Å²) in [6, 6.07) is 20.4. The number of nitrogens with one attached hydrogen (secondary N) is 2. The number of fused-ring (bicyclic) bond motifs is 3. The molecule has 2 atom stereocenters.